The number of H-pyrrole nitrogens is 1. The van der Waals surface area contributed by atoms with Gasteiger partial charge in [0.15, 0.2) is 0 Å². The minimum atomic E-state index is -0.144. The standard InChI is InChI=1S/C24H25N3O/c28-22(16-17-8-2-1-3-9-17)27-15-13-19-18-10-4-5-11-20(18)26-23(19)24(27)21-12-6-7-14-25-21/h4-8,10-12,14,24,26H,1-3,9,13,15-16H2. The maximum Gasteiger partial charge on any atom is 0.227 e. The smallest absolute Gasteiger partial charge is 0.227 e. The number of carbonyl (C=O) groups excluding carboxylic acids is 1. The molecule has 1 atom stereocenters. The molecule has 3 aromatic rings. The number of aromatic nitrogens is 2. The van der Waals surface area contributed by atoms with Gasteiger partial charge in [0.25, 0.3) is 0 Å². The third-order valence-electron chi connectivity index (χ3n) is 6.09. The summed E-state index contributed by atoms with van der Waals surface area (Å²) in [6.45, 7) is 0.738. The SMILES string of the molecule is O=C(CC1=CCCCC1)N1CCc2c([nH]c3ccccc23)C1c1ccccn1. The molecule has 5 rings (SSSR count). The van der Waals surface area contributed by atoms with Gasteiger partial charge in [0, 0.05) is 35.8 Å². The van der Waals surface area contributed by atoms with Gasteiger partial charge in [0.2, 0.25) is 5.91 Å². The van der Waals surface area contributed by atoms with Crippen molar-refractivity contribution >= 4 is 16.8 Å². The lowest BCUT2D eigenvalue weighted by atomic mass is 9.92. The van der Waals surface area contributed by atoms with Crippen LogP contribution in [0.3, 0.4) is 0 Å². The maximum absolute atomic E-state index is 13.3. The molecule has 1 aliphatic carbocycles. The van der Waals surface area contributed by atoms with E-state index in [1.54, 1.807) is 0 Å². The molecule has 1 aromatic carbocycles. The highest BCUT2D eigenvalue weighted by Crippen LogP contribution is 2.38. The Kier molecular flexibility index (Phi) is 4.47. The van der Waals surface area contributed by atoms with Crippen molar-refractivity contribution < 1.29 is 4.79 Å². The van der Waals surface area contributed by atoms with Gasteiger partial charge in [-0.25, -0.2) is 0 Å². The summed E-state index contributed by atoms with van der Waals surface area (Å²) in [6, 6.07) is 14.2. The van der Waals surface area contributed by atoms with Crippen LogP contribution in [0.2, 0.25) is 0 Å². The fraction of sp³-hybridized carbons (Fsp3) is 0.333. The van der Waals surface area contributed by atoms with E-state index in [-0.39, 0.29) is 11.9 Å². The van der Waals surface area contributed by atoms with Crippen LogP contribution in [0.4, 0.5) is 0 Å². The fourth-order valence-electron chi connectivity index (χ4n) is 4.72. The van der Waals surface area contributed by atoms with Crippen molar-refractivity contribution in [3.8, 4) is 0 Å². The second kappa shape index (κ2) is 7.27. The molecule has 0 saturated heterocycles. The fourth-order valence-corrected chi connectivity index (χ4v) is 4.72. The zero-order chi connectivity index (χ0) is 18.9. The van der Waals surface area contributed by atoms with Crippen LogP contribution in [0.5, 0.6) is 0 Å². The maximum atomic E-state index is 13.3. The minimum absolute atomic E-state index is 0.144. The van der Waals surface area contributed by atoms with E-state index in [1.165, 1.54) is 29.4 Å². The van der Waals surface area contributed by atoms with E-state index in [9.17, 15) is 4.79 Å². The lowest BCUT2D eigenvalue weighted by molar-refractivity contribution is -0.132. The molecule has 1 N–H and O–H groups in total. The molecule has 1 aliphatic heterocycles. The van der Waals surface area contributed by atoms with Crippen LogP contribution in [-0.4, -0.2) is 27.3 Å². The van der Waals surface area contributed by atoms with Gasteiger partial charge in [0.1, 0.15) is 6.04 Å². The zero-order valence-electron chi connectivity index (χ0n) is 16.0. The number of pyridine rings is 1. The Morgan fingerprint density at radius 1 is 1.11 bits per heavy atom. The lowest BCUT2D eigenvalue weighted by Gasteiger charge is -2.36. The monoisotopic (exact) mass is 371 g/mol. The number of hydrogen-bond donors (Lipinski definition) is 1. The first-order valence-corrected chi connectivity index (χ1v) is 10.3. The summed E-state index contributed by atoms with van der Waals surface area (Å²) < 4.78 is 0. The average Bonchev–Trinajstić information content (AvgIpc) is 3.13. The topological polar surface area (TPSA) is 49.0 Å². The highest BCUT2D eigenvalue weighted by Gasteiger charge is 2.35. The van der Waals surface area contributed by atoms with E-state index in [0.29, 0.717) is 6.42 Å². The summed E-state index contributed by atoms with van der Waals surface area (Å²) in [5.41, 5.74) is 5.82. The molecule has 142 valence electrons. The van der Waals surface area contributed by atoms with Gasteiger partial charge in [-0.05, 0) is 55.9 Å². The van der Waals surface area contributed by atoms with Gasteiger partial charge in [-0.3, -0.25) is 9.78 Å². The van der Waals surface area contributed by atoms with E-state index in [1.807, 2.05) is 29.3 Å². The molecular weight excluding hydrogens is 346 g/mol. The van der Waals surface area contributed by atoms with Crippen LogP contribution >= 0.6 is 0 Å². The number of hydrogen-bond acceptors (Lipinski definition) is 2. The van der Waals surface area contributed by atoms with E-state index in [0.717, 1.165) is 42.7 Å². The first-order valence-electron chi connectivity index (χ1n) is 10.3. The first kappa shape index (κ1) is 17.2. The third kappa shape index (κ3) is 3.03. The molecular formula is C24H25N3O. The second-order valence-electron chi connectivity index (χ2n) is 7.84. The Morgan fingerprint density at radius 3 is 2.82 bits per heavy atom. The zero-order valence-corrected chi connectivity index (χ0v) is 16.0. The number of benzene rings is 1. The Bertz CT molecular complexity index is 1030. The quantitative estimate of drug-likeness (QED) is 0.664. The number of rotatable bonds is 3. The van der Waals surface area contributed by atoms with Crippen LogP contribution in [-0.2, 0) is 11.2 Å². The predicted molar refractivity (Wildman–Crippen MR) is 111 cm³/mol. The van der Waals surface area contributed by atoms with Crippen molar-refractivity contribution in [1.29, 1.82) is 0 Å². The number of carbonyl (C=O) groups is 1. The van der Waals surface area contributed by atoms with E-state index >= 15 is 0 Å². The van der Waals surface area contributed by atoms with Crippen LogP contribution in [0, 0.1) is 0 Å². The summed E-state index contributed by atoms with van der Waals surface area (Å²) >= 11 is 0. The van der Waals surface area contributed by atoms with E-state index in [4.69, 9.17) is 0 Å². The molecule has 1 unspecified atom stereocenters. The van der Waals surface area contributed by atoms with Gasteiger partial charge < -0.3 is 9.88 Å². The molecule has 0 saturated carbocycles. The van der Waals surface area contributed by atoms with Crippen LogP contribution in [0.25, 0.3) is 10.9 Å². The number of allylic oxidation sites excluding steroid dienone is 1. The van der Waals surface area contributed by atoms with E-state index < -0.39 is 0 Å². The second-order valence-corrected chi connectivity index (χ2v) is 7.84. The molecule has 3 heterocycles. The molecule has 1 amide bonds. The van der Waals surface area contributed by atoms with Crippen molar-refractivity contribution in [2.45, 2.75) is 44.6 Å². The highest BCUT2D eigenvalue weighted by atomic mass is 16.2. The molecule has 2 aliphatic rings. The third-order valence-corrected chi connectivity index (χ3v) is 6.09. The number of fused-ring (bicyclic) bond motifs is 3. The van der Waals surface area contributed by atoms with Crippen molar-refractivity contribution in [2.24, 2.45) is 0 Å². The first-order chi connectivity index (χ1) is 13.8. The van der Waals surface area contributed by atoms with Crippen molar-refractivity contribution in [1.82, 2.24) is 14.9 Å². The molecule has 4 heteroatoms. The molecule has 28 heavy (non-hydrogen) atoms. The predicted octanol–water partition coefficient (Wildman–Crippen LogP) is 4.93. The molecule has 0 fully saturated rings. The van der Waals surface area contributed by atoms with Gasteiger partial charge in [0.05, 0.1) is 5.69 Å². The normalized spacial score (nSPS) is 19.4. The Morgan fingerprint density at radius 2 is 2.00 bits per heavy atom. The van der Waals surface area contributed by atoms with Crippen LogP contribution in [0.15, 0.2) is 60.3 Å². The van der Waals surface area contributed by atoms with Gasteiger partial charge in [-0.1, -0.05) is 35.9 Å². The van der Waals surface area contributed by atoms with Crippen molar-refractivity contribution in [3.05, 3.63) is 77.3 Å². The number of para-hydroxylation sites is 1. The van der Waals surface area contributed by atoms with Gasteiger partial charge >= 0.3 is 0 Å². The largest absolute Gasteiger partial charge is 0.356 e. The van der Waals surface area contributed by atoms with Gasteiger partial charge in [-0.2, -0.15) is 0 Å². The number of aromatic amines is 1. The number of amides is 1. The summed E-state index contributed by atoms with van der Waals surface area (Å²) in [4.78, 5) is 23.6. The Balaban J connectivity index is 1.55. The lowest BCUT2D eigenvalue weighted by Crippen LogP contribution is -2.41. The minimum Gasteiger partial charge on any atom is -0.356 e. The van der Waals surface area contributed by atoms with Crippen molar-refractivity contribution in [3.63, 3.8) is 0 Å². The molecule has 0 radical (unpaired) electrons. The summed E-state index contributed by atoms with van der Waals surface area (Å²) in [5, 5.41) is 1.26. The molecule has 0 spiro atoms. The summed E-state index contributed by atoms with van der Waals surface area (Å²) in [5.74, 6) is 0.216. The number of nitrogens with one attached hydrogen (secondary N) is 1. The Hall–Kier alpha value is -2.88. The average molecular weight is 371 g/mol. The number of nitrogens with zero attached hydrogens (tertiary/aromatic N) is 2. The molecule has 2 aromatic heterocycles. The van der Waals surface area contributed by atoms with Crippen LogP contribution in [0.1, 0.15) is 55.1 Å². The summed E-state index contributed by atoms with van der Waals surface area (Å²) in [7, 11) is 0. The Labute approximate surface area is 165 Å². The van der Waals surface area contributed by atoms with Gasteiger partial charge in [-0.15, -0.1) is 0 Å². The molecule has 0 bridgehead atoms. The highest BCUT2D eigenvalue weighted by molar-refractivity contribution is 5.87. The summed E-state index contributed by atoms with van der Waals surface area (Å²) in [6.07, 6.45) is 10.1. The molecule has 4 nitrogen and oxygen atoms in total. The van der Waals surface area contributed by atoms with Crippen LogP contribution < -0.4 is 0 Å². The van der Waals surface area contributed by atoms with E-state index in [2.05, 4.69) is 40.3 Å². The van der Waals surface area contributed by atoms with Crippen molar-refractivity contribution in [2.75, 3.05) is 6.54 Å².